The zero-order valence-corrected chi connectivity index (χ0v) is 22.6. The lowest BCUT2D eigenvalue weighted by atomic mass is 10.2. The molecule has 1 aromatic carbocycles. The van der Waals surface area contributed by atoms with Gasteiger partial charge in [-0.25, -0.2) is 24.3 Å². The van der Waals surface area contributed by atoms with Gasteiger partial charge >= 0.3 is 0 Å². The van der Waals surface area contributed by atoms with Gasteiger partial charge in [-0.3, -0.25) is 0 Å². The number of hydrogen-bond acceptors (Lipinski definition) is 7. The summed E-state index contributed by atoms with van der Waals surface area (Å²) in [6.07, 6.45) is 13.3. The number of rotatable bonds is 7. The Morgan fingerprint density at radius 1 is 1.11 bits per heavy atom. The fourth-order valence-electron chi connectivity index (χ4n) is 3.33. The Hall–Kier alpha value is -4.53. The van der Waals surface area contributed by atoms with E-state index < -0.39 is 5.82 Å². The van der Waals surface area contributed by atoms with E-state index in [-0.39, 0.29) is 6.61 Å². The molecular formula is C29H35FN6O2. The molecule has 0 saturated carbocycles. The molecule has 3 heterocycles. The van der Waals surface area contributed by atoms with Gasteiger partial charge in [0.15, 0.2) is 0 Å². The molecule has 9 heteroatoms. The van der Waals surface area contributed by atoms with Gasteiger partial charge in [0.2, 0.25) is 0 Å². The molecule has 3 aromatic heterocycles. The molecule has 0 atom stereocenters. The molecule has 0 bridgehead atoms. The zero-order valence-electron chi connectivity index (χ0n) is 22.6. The third-order valence-electron chi connectivity index (χ3n) is 4.88. The molecule has 4 rings (SSSR count). The summed E-state index contributed by atoms with van der Waals surface area (Å²) in [5.74, 6) is 1.48. The molecule has 0 fully saturated rings. The molecule has 0 aliphatic carbocycles. The highest BCUT2D eigenvalue weighted by Gasteiger charge is 2.11. The molecule has 4 aromatic rings. The van der Waals surface area contributed by atoms with Crippen LogP contribution in [-0.2, 0) is 6.61 Å². The summed E-state index contributed by atoms with van der Waals surface area (Å²) in [6, 6.07) is 4.59. The van der Waals surface area contributed by atoms with Crippen molar-refractivity contribution in [3.05, 3.63) is 104 Å². The fourth-order valence-corrected chi connectivity index (χ4v) is 3.33. The van der Waals surface area contributed by atoms with Gasteiger partial charge in [0.05, 0.1) is 5.39 Å². The number of halogens is 1. The minimum atomic E-state index is -0.432. The molecular weight excluding hydrogens is 483 g/mol. The first-order chi connectivity index (χ1) is 18.2. The average Bonchev–Trinajstić information content (AvgIpc) is 3.22. The molecule has 0 amide bonds. The second-order valence-corrected chi connectivity index (χ2v) is 8.45. The van der Waals surface area contributed by atoms with Crippen molar-refractivity contribution in [3.8, 4) is 11.5 Å². The number of nitrogens with zero attached hydrogens (tertiary/aromatic N) is 5. The van der Waals surface area contributed by atoms with Crippen LogP contribution in [0.3, 0.4) is 0 Å². The first-order valence-electron chi connectivity index (χ1n) is 12.0. The zero-order chi connectivity index (χ0) is 28.1. The minimum absolute atomic E-state index is 0.255. The number of aryl methyl sites for hydroxylation is 1. The molecule has 0 spiro atoms. The van der Waals surface area contributed by atoms with E-state index in [0.717, 1.165) is 22.2 Å². The number of hydrogen-bond donors (Lipinski definition) is 1. The van der Waals surface area contributed by atoms with Crippen molar-refractivity contribution in [2.75, 3.05) is 5.73 Å². The van der Waals surface area contributed by atoms with Gasteiger partial charge in [0.1, 0.15) is 53.8 Å². The van der Waals surface area contributed by atoms with Crippen LogP contribution in [0.4, 0.5) is 10.2 Å². The summed E-state index contributed by atoms with van der Waals surface area (Å²) in [7, 11) is 0. The van der Waals surface area contributed by atoms with E-state index in [4.69, 9.17) is 15.2 Å². The molecule has 0 aliphatic heterocycles. The molecule has 0 aliphatic rings. The molecule has 38 heavy (non-hydrogen) atoms. The lowest BCUT2D eigenvalue weighted by Gasteiger charge is -2.10. The lowest BCUT2D eigenvalue weighted by Crippen LogP contribution is -2.00. The monoisotopic (exact) mass is 518 g/mol. The Morgan fingerprint density at radius 3 is 2.39 bits per heavy atom. The summed E-state index contributed by atoms with van der Waals surface area (Å²) in [4.78, 5) is 16.0. The first-order valence-corrected chi connectivity index (χ1v) is 12.0. The summed E-state index contributed by atoms with van der Waals surface area (Å²) < 4.78 is 26.7. The normalized spacial score (nSPS) is 10.7. The van der Waals surface area contributed by atoms with Crippen molar-refractivity contribution in [1.29, 1.82) is 0 Å². The Bertz CT molecular complexity index is 1370. The number of nitrogens with two attached hydrogens (primary N) is 1. The van der Waals surface area contributed by atoms with Crippen LogP contribution in [0, 0.1) is 12.7 Å². The number of anilines is 1. The van der Waals surface area contributed by atoms with Crippen LogP contribution in [0.25, 0.3) is 11.0 Å². The van der Waals surface area contributed by atoms with Gasteiger partial charge in [0.25, 0.3) is 0 Å². The minimum Gasteiger partial charge on any atom is -0.489 e. The van der Waals surface area contributed by atoms with Crippen LogP contribution >= 0.6 is 0 Å². The third-order valence-corrected chi connectivity index (χ3v) is 4.88. The van der Waals surface area contributed by atoms with Crippen LogP contribution in [0.1, 0.15) is 44.9 Å². The van der Waals surface area contributed by atoms with Crippen LogP contribution in [-0.4, -0.2) is 24.5 Å². The van der Waals surface area contributed by atoms with Crippen molar-refractivity contribution in [2.45, 2.75) is 47.3 Å². The van der Waals surface area contributed by atoms with Crippen LogP contribution in [0.5, 0.6) is 11.5 Å². The van der Waals surface area contributed by atoms with Crippen molar-refractivity contribution in [2.24, 2.45) is 0 Å². The van der Waals surface area contributed by atoms with Crippen molar-refractivity contribution >= 4 is 16.9 Å². The number of fused-ring (bicyclic) bond motifs is 1. The van der Waals surface area contributed by atoms with Crippen molar-refractivity contribution in [3.63, 3.8) is 0 Å². The Morgan fingerprint density at radius 2 is 1.76 bits per heavy atom. The maximum Gasteiger partial charge on any atom is 0.145 e. The van der Waals surface area contributed by atoms with E-state index in [0.29, 0.717) is 29.1 Å². The van der Waals surface area contributed by atoms with E-state index in [9.17, 15) is 4.39 Å². The molecule has 8 nitrogen and oxygen atoms in total. The SMILES string of the molecule is C=C/C=C(\C)Oc1cc(F)cc(OCc2cncnc2)c1.C=CC.Cc1cn(C(C)C)c2ncnc(N)c12. The van der Waals surface area contributed by atoms with Gasteiger partial charge < -0.3 is 19.8 Å². The third kappa shape index (κ3) is 8.85. The Labute approximate surface area is 223 Å². The number of ether oxygens (including phenoxy) is 2. The first kappa shape index (κ1) is 29.7. The van der Waals surface area contributed by atoms with E-state index in [1.54, 1.807) is 43.6 Å². The van der Waals surface area contributed by atoms with Gasteiger partial charge in [-0.1, -0.05) is 18.7 Å². The summed E-state index contributed by atoms with van der Waals surface area (Å²) >= 11 is 0. The second-order valence-electron chi connectivity index (χ2n) is 8.45. The smallest absolute Gasteiger partial charge is 0.145 e. The maximum absolute atomic E-state index is 13.6. The maximum atomic E-state index is 13.6. The quantitative estimate of drug-likeness (QED) is 0.164. The standard InChI is InChI=1S/C16H15FN2O2.C10H14N4.C3H6/c1-3-4-12(2)21-16-6-14(17)5-15(7-16)20-10-13-8-18-11-19-9-13;1-6(2)14-4-7(3)8-9(11)12-5-13-10(8)14;1-3-2/h3-9,11H,1,10H2,2H3;4-6H,1-3H3,(H2,11,12,13);3H,1H2,2H3/b12-4+;;. The number of benzene rings is 1. The Balaban J connectivity index is 0.000000257. The fraction of sp³-hybridized carbons (Fsp3) is 0.241. The molecule has 2 N–H and O–H groups in total. The summed E-state index contributed by atoms with van der Waals surface area (Å²) in [6.45, 7) is 17.1. The summed E-state index contributed by atoms with van der Waals surface area (Å²) in [5.41, 5.74) is 8.66. The lowest BCUT2D eigenvalue weighted by molar-refractivity contribution is 0.301. The highest BCUT2D eigenvalue weighted by atomic mass is 19.1. The topological polar surface area (TPSA) is 101 Å². The van der Waals surface area contributed by atoms with E-state index in [2.05, 4.69) is 57.7 Å². The molecule has 0 saturated heterocycles. The molecule has 0 unspecified atom stereocenters. The van der Waals surface area contributed by atoms with Crippen molar-refractivity contribution < 1.29 is 13.9 Å². The summed E-state index contributed by atoms with van der Waals surface area (Å²) in [5, 5.41) is 0.973. The van der Waals surface area contributed by atoms with Gasteiger partial charge in [-0.2, -0.15) is 0 Å². The number of aromatic nitrogens is 5. The van der Waals surface area contributed by atoms with Crippen LogP contribution in [0.2, 0.25) is 0 Å². The van der Waals surface area contributed by atoms with E-state index in [1.807, 2.05) is 13.8 Å². The van der Waals surface area contributed by atoms with Gasteiger partial charge in [-0.15, -0.1) is 6.58 Å². The second kappa shape index (κ2) is 14.9. The predicted molar refractivity (Wildman–Crippen MR) is 150 cm³/mol. The van der Waals surface area contributed by atoms with Gasteiger partial charge in [0, 0.05) is 48.4 Å². The van der Waals surface area contributed by atoms with Crippen LogP contribution in [0.15, 0.2) is 86.6 Å². The number of nitrogen functional groups attached to an aromatic ring is 1. The average molecular weight is 519 g/mol. The van der Waals surface area contributed by atoms with Gasteiger partial charge in [-0.05, 0) is 46.3 Å². The largest absolute Gasteiger partial charge is 0.489 e. The number of allylic oxidation sites excluding steroid dienone is 4. The highest BCUT2D eigenvalue weighted by molar-refractivity contribution is 5.89. The highest BCUT2D eigenvalue weighted by Crippen LogP contribution is 2.26. The Kier molecular flexibility index (Phi) is 11.6. The van der Waals surface area contributed by atoms with Crippen LogP contribution < -0.4 is 15.2 Å². The van der Waals surface area contributed by atoms with E-state index >= 15 is 0 Å². The predicted octanol–water partition coefficient (Wildman–Crippen LogP) is 6.76. The van der Waals surface area contributed by atoms with E-state index in [1.165, 1.54) is 24.8 Å². The molecule has 0 radical (unpaired) electrons. The molecule has 200 valence electrons. The van der Waals surface area contributed by atoms with Crippen molar-refractivity contribution in [1.82, 2.24) is 24.5 Å².